The third-order valence-electron chi connectivity index (χ3n) is 3.41. The van der Waals surface area contributed by atoms with E-state index in [1.807, 2.05) is 25.1 Å². The Morgan fingerprint density at radius 2 is 2.14 bits per heavy atom. The molecule has 0 saturated carbocycles. The van der Waals surface area contributed by atoms with Gasteiger partial charge in [0, 0.05) is 10.6 Å². The summed E-state index contributed by atoms with van der Waals surface area (Å²) in [7, 11) is -3.50. The Bertz CT molecular complexity index is 750. The molecule has 0 saturated heterocycles. The minimum absolute atomic E-state index is 0.355. The first-order chi connectivity index (χ1) is 10.1. The van der Waals surface area contributed by atoms with Gasteiger partial charge in [0.05, 0.1) is 6.61 Å². The molecule has 0 radical (unpaired) electrons. The number of ether oxygens (including phenoxy) is 1. The van der Waals surface area contributed by atoms with Crippen molar-refractivity contribution < 1.29 is 13.2 Å². The minimum Gasteiger partial charge on any atom is -0.493 e. The molecule has 0 spiro atoms. The molecule has 1 N–H and O–H groups in total. The molecule has 3 rings (SSSR count). The second-order valence-electron chi connectivity index (χ2n) is 4.95. The monoisotopic (exact) mass is 323 g/mol. The van der Waals surface area contributed by atoms with Gasteiger partial charge in [-0.2, -0.15) is 0 Å². The van der Waals surface area contributed by atoms with Crippen LogP contribution in [0, 0.1) is 0 Å². The number of rotatable bonds is 4. The molecule has 0 aliphatic carbocycles. The largest absolute Gasteiger partial charge is 0.493 e. The molecule has 112 valence electrons. The van der Waals surface area contributed by atoms with Gasteiger partial charge in [0.1, 0.15) is 9.96 Å². The first-order valence-corrected chi connectivity index (χ1v) is 9.26. The highest BCUT2D eigenvalue weighted by atomic mass is 32.2. The molecule has 4 nitrogen and oxygen atoms in total. The van der Waals surface area contributed by atoms with Crippen molar-refractivity contribution in [3.63, 3.8) is 0 Å². The fourth-order valence-corrected chi connectivity index (χ4v) is 4.67. The van der Waals surface area contributed by atoms with E-state index in [2.05, 4.69) is 4.72 Å². The maximum absolute atomic E-state index is 12.4. The third kappa shape index (κ3) is 3.06. The van der Waals surface area contributed by atoms with E-state index < -0.39 is 10.0 Å². The molecule has 1 aromatic heterocycles. The van der Waals surface area contributed by atoms with E-state index in [4.69, 9.17) is 4.74 Å². The molecule has 2 heterocycles. The van der Waals surface area contributed by atoms with Gasteiger partial charge in [-0.05, 0) is 55.2 Å². The quantitative estimate of drug-likeness (QED) is 0.938. The highest BCUT2D eigenvalue weighted by molar-refractivity contribution is 7.94. The van der Waals surface area contributed by atoms with Crippen LogP contribution in [0.15, 0.2) is 34.5 Å². The molecular formula is C15H17NO3S2. The van der Waals surface area contributed by atoms with Crippen LogP contribution in [0.3, 0.4) is 0 Å². The van der Waals surface area contributed by atoms with E-state index >= 15 is 0 Å². The number of hydrogen-bond donors (Lipinski definition) is 1. The summed E-state index contributed by atoms with van der Waals surface area (Å²) in [6.07, 6.45) is 2.73. The van der Waals surface area contributed by atoms with E-state index in [1.165, 1.54) is 11.3 Å². The van der Waals surface area contributed by atoms with Crippen LogP contribution in [-0.4, -0.2) is 15.0 Å². The van der Waals surface area contributed by atoms with Gasteiger partial charge in [-0.15, -0.1) is 11.3 Å². The maximum Gasteiger partial charge on any atom is 0.271 e. The first-order valence-electron chi connectivity index (χ1n) is 6.96. The van der Waals surface area contributed by atoms with Crippen LogP contribution in [-0.2, 0) is 22.9 Å². The molecule has 2 aromatic rings. The molecule has 0 unspecified atom stereocenters. The van der Waals surface area contributed by atoms with Crippen LogP contribution >= 0.6 is 11.3 Å². The standard InChI is InChI=1S/C15H17NO3S2/c1-2-13-6-8-15(20-13)21(17,18)16-12-5-7-14-11(10-12)4-3-9-19-14/h5-8,10,16H,2-4,9H2,1H3. The van der Waals surface area contributed by atoms with Crippen LogP contribution in [0.4, 0.5) is 5.69 Å². The lowest BCUT2D eigenvalue weighted by molar-refractivity contribution is 0.288. The molecule has 1 aromatic carbocycles. The van der Waals surface area contributed by atoms with Crippen molar-refractivity contribution in [3.8, 4) is 5.75 Å². The van der Waals surface area contributed by atoms with Gasteiger partial charge in [-0.3, -0.25) is 4.72 Å². The Balaban J connectivity index is 1.85. The Morgan fingerprint density at radius 3 is 2.90 bits per heavy atom. The topological polar surface area (TPSA) is 55.4 Å². The van der Waals surface area contributed by atoms with Gasteiger partial charge in [0.2, 0.25) is 0 Å². The number of sulfonamides is 1. The zero-order valence-electron chi connectivity index (χ0n) is 11.8. The minimum atomic E-state index is -3.50. The van der Waals surface area contributed by atoms with Crippen molar-refractivity contribution >= 4 is 27.0 Å². The fourth-order valence-electron chi connectivity index (χ4n) is 2.32. The van der Waals surface area contributed by atoms with Crippen molar-refractivity contribution in [2.75, 3.05) is 11.3 Å². The Labute approximate surface area is 128 Å². The lowest BCUT2D eigenvalue weighted by Crippen LogP contribution is -2.13. The summed E-state index contributed by atoms with van der Waals surface area (Å²) < 4.78 is 33.3. The first kappa shape index (κ1) is 14.4. The summed E-state index contributed by atoms with van der Waals surface area (Å²) in [5, 5.41) is 0. The number of anilines is 1. The molecule has 21 heavy (non-hydrogen) atoms. The van der Waals surface area contributed by atoms with Gasteiger partial charge in [-0.1, -0.05) is 6.92 Å². The van der Waals surface area contributed by atoms with E-state index in [0.717, 1.165) is 42.1 Å². The smallest absolute Gasteiger partial charge is 0.271 e. The molecule has 6 heteroatoms. The van der Waals surface area contributed by atoms with Crippen molar-refractivity contribution in [1.29, 1.82) is 0 Å². The van der Waals surface area contributed by atoms with Crippen molar-refractivity contribution in [3.05, 3.63) is 40.8 Å². The van der Waals surface area contributed by atoms with Crippen LogP contribution in [0.25, 0.3) is 0 Å². The SMILES string of the molecule is CCc1ccc(S(=O)(=O)Nc2ccc3c(c2)CCCO3)s1. The van der Waals surface area contributed by atoms with E-state index in [-0.39, 0.29) is 0 Å². The summed E-state index contributed by atoms with van der Waals surface area (Å²) in [6.45, 7) is 2.74. The summed E-state index contributed by atoms with van der Waals surface area (Å²) >= 11 is 1.31. The van der Waals surface area contributed by atoms with Crippen LogP contribution in [0.1, 0.15) is 23.8 Å². The Morgan fingerprint density at radius 1 is 1.29 bits per heavy atom. The zero-order chi connectivity index (χ0) is 14.9. The molecule has 0 amide bonds. The van der Waals surface area contributed by atoms with Crippen molar-refractivity contribution in [1.82, 2.24) is 0 Å². The molecule has 0 bridgehead atoms. The van der Waals surface area contributed by atoms with Gasteiger partial charge in [-0.25, -0.2) is 8.42 Å². The van der Waals surface area contributed by atoms with E-state index in [9.17, 15) is 8.42 Å². The number of thiophene rings is 1. The molecular weight excluding hydrogens is 306 g/mol. The zero-order valence-corrected chi connectivity index (χ0v) is 13.4. The van der Waals surface area contributed by atoms with E-state index in [0.29, 0.717) is 9.90 Å². The second-order valence-corrected chi connectivity index (χ2v) is 8.03. The predicted molar refractivity (Wildman–Crippen MR) is 84.8 cm³/mol. The number of benzene rings is 1. The van der Waals surface area contributed by atoms with Crippen LogP contribution in [0.5, 0.6) is 5.75 Å². The summed E-state index contributed by atoms with van der Waals surface area (Å²) in [6, 6.07) is 8.96. The van der Waals surface area contributed by atoms with Crippen molar-refractivity contribution in [2.45, 2.75) is 30.4 Å². The van der Waals surface area contributed by atoms with Gasteiger partial charge >= 0.3 is 0 Å². The van der Waals surface area contributed by atoms with Crippen LogP contribution in [0.2, 0.25) is 0 Å². The van der Waals surface area contributed by atoms with Gasteiger partial charge in [0.25, 0.3) is 10.0 Å². The lowest BCUT2D eigenvalue weighted by atomic mass is 10.1. The average Bonchev–Trinajstić information content (AvgIpc) is 2.96. The summed E-state index contributed by atoms with van der Waals surface area (Å²) in [5.41, 5.74) is 1.65. The lowest BCUT2D eigenvalue weighted by Gasteiger charge is -2.18. The Kier molecular flexibility index (Phi) is 3.91. The number of aryl methyl sites for hydroxylation is 2. The molecule has 0 atom stereocenters. The molecule has 1 aliphatic heterocycles. The third-order valence-corrected chi connectivity index (χ3v) is 6.51. The fraction of sp³-hybridized carbons (Fsp3) is 0.333. The average molecular weight is 323 g/mol. The molecule has 0 fully saturated rings. The molecule has 1 aliphatic rings. The van der Waals surface area contributed by atoms with Crippen molar-refractivity contribution in [2.24, 2.45) is 0 Å². The van der Waals surface area contributed by atoms with Gasteiger partial charge in [0.15, 0.2) is 0 Å². The maximum atomic E-state index is 12.4. The number of hydrogen-bond acceptors (Lipinski definition) is 4. The number of fused-ring (bicyclic) bond motifs is 1. The normalized spacial score (nSPS) is 14.3. The summed E-state index contributed by atoms with van der Waals surface area (Å²) in [5.74, 6) is 0.855. The van der Waals surface area contributed by atoms with E-state index in [1.54, 1.807) is 12.1 Å². The highest BCUT2D eigenvalue weighted by Gasteiger charge is 2.18. The number of nitrogens with one attached hydrogen (secondary N) is 1. The Hall–Kier alpha value is -1.53. The van der Waals surface area contributed by atoms with Crippen LogP contribution < -0.4 is 9.46 Å². The van der Waals surface area contributed by atoms with Gasteiger partial charge < -0.3 is 4.74 Å². The highest BCUT2D eigenvalue weighted by Crippen LogP contribution is 2.29. The summed E-state index contributed by atoms with van der Waals surface area (Å²) in [4.78, 5) is 1.06. The predicted octanol–water partition coefficient (Wildman–Crippen LogP) is 3.44. The second kappa shape index (κ2) is 5.69.